The standard InChI is InChI=1S/C15H16N2O4/c18-13-11-3-1-2-4-12(11)14(19)17(13)8-7-16-6-5-10(9-16)15(20)21/h1-4,10H,5-9H2,(H,20,21). The predicted octanol–water partition coefficient (Wildman–Crippen LogP) is 0.689. The number of carbonyl (C=O) groups is 3. The van der Waals surface area contributed by atoms with Crippen molar-refractivity contribution < 1.29 is 19.5 Å². The number of hydrogen-bond donors (Lipinski definition) is 1. The first-order valence-corrected chi connectivity index (χ1v) is 6.98. The summed E-state index contributed by atoms with van der Waals surface area (Å²) in [4.78, 5) is 38.5. The average molecular weight is 288 g/mol. The molecule has 6 nitrogen and oxygen atoms in total. The lowest BCUT2D eigenvalue weighted by Gasteiger charge is -2.19. The summed E-state index contributed by atoms with van der Waals surface area (Å²) >= 11 is 0. The molecule has 0 aliphatic carbocycles. The van der Waals surface area contributed by atoms with Crippen LogP contribution in [0.15, 0.2) is 24.3 Å². The van der Waals surface area contributed by atoms with Crippen molar-refractivity contribution in [2.24, 2.45) is 5.92 Å². The number of fused-ring (bicyclic) bond motifs is 1. The number of carboxylic acid groups (broad SMARTS) is 1. The second-order valence-corrected chi connectivity index (χ2v) is 5.43. The zero-order valence-electron chi connectivity index (χ0n) is 11.5. The van der Waals surface area contributed by atoms with Crippen LogP contribution in [0.25, 0.3) is 0 Å². The normalized spacial score (nSPS) is 21.9. The van der Waals surface area contributed by atoms with E-state index in [0.717, 1.165) is 0 Å². The van der Waals surface area contributed by atoms with E-state index in [2.05, 4.69) is 0 Å². The third-order valence-electron chi connectivity index (χ3n) is 4.14. The molecule has 1 fully saturated rings. The largest absolute Gasteiger partial charge is 0.481 e. The summed E-state index contributed by atoms with van der Waals surface area (Å²) in [6, 6.07) is 6.80. The summed E-state index contributed by atoms with van der Waals surface area (Å²) in [6.45, 7) is 2.01. The summed E-state index contributed by atoms with van der Waals surface area (Å²) in [5.74, 6) is -1.64. The molecule has 6 heteroatoms. The van der Waals surface area contributed by atoms with E-state index in [1.807, 2.05) is 4.90 Å². The second kappa shape index (κ2) is 5.29. The van der Waals surface area contributed by atoms with E-state index < -0.39 is 5.97 Å². The highest BCUT2D eigenvalue weighted by Gasteiger charge is 2.35. The molecule has 2 heterocycles. The molecule has 0 aromatic heterocycles. The highest BCUT2D eigenvalue weighted by atomic mass is 16.4. The Morgan fingerprint density at radius 3 is 2.29 bits per heavy atom. The van der Waals surface area contributed by atoms with Crippen molar-refractivity contribution in [1.82, 2.24) is 9.80 Å². The minimum atomic E-state index is -0.779. The minimum Gasteiger partial charge on any atom is -0.481 e. The van der Waals surface area contributed by atoms with E-state index in [0.29, 0.717) is 43.7 Å². The number of amides is 2. The number of hydrogen-bond acceptors (Lipinski definition) is 4. The van der Waals surface area contributed by atoms with Gasteiger partial charge in [0.15, 0.2) is 0 Å². The third-order valence-corrected chi connectivity index (χ3v) is 4.14. The molecule has 2 amide bonds. The number of imide groups is 1. The van der Waals surface area contributed by atoms with E-state index in [-0.39, 0.29) is 17.7 Å². The number of benzene rings is 1. The van der Waals surface area contributed by atoms with Crippen LogP contribution in [0.2, 0.25) is 0 Å². The molecule has 1 saturated heterocycles. The molecule has 0 bridgehead atoms. The number of nitrogens with zero attached hydrogens (tertiary/aromatic N) is 2. The Kier molecular flexibility index (Phi) is 3.47. The molecule has 0 saturated carbocycles. The average Bonchev–Trinajstić information content (AvgIpc) is 3.03. The first kappa shape index (κ1) is 13.8. The van der Waals surface area contributed by atoms with E-state index in [1.54, 1.807) is 24.3 Å². The fraction of sp³-hybridized carbons (Fsp3) is 0.400. The molecule has 2 aliphatic rings. The number of likely N-dealkylation sites (tertiary alicyclic amines) is 1. The molecule has 1 aromatic carbocycles. The van der Waals surface area contributed by atoms with E-state index in [9.17, 15) is 14.4 Å². The smallest absolute Gasteiger partial charge is 0.307 e. The van der Waals surface area contributed by atoms with Gasteiger partial charge in [0.05, 0.1) is 17.0 Å². The number of rotatable bonds is 4. The van der Waals surface area contributed by atoms with Crippen LogP contribution in [0, 0.1) is 5.92 Å². The van der Waals surface area contributed by atoms with Crippen molar-refractivity contribution in [2.75, 3.05) is 26.2 Å². The molecule has 2 aliphatic heterocycles. The molecular weight excluding hydrogens is 272 g/mol. The molecule has 21 heavy (non-hydrogen) atoms. The van der Waals surface area contributed by atoms with Crippen molar-refractivity contribution >= 4 is 17.8 Å². The zero-order valence-corrected chi connectivity index (χ0v) is 11.5. The quantitative estimate of drug-likeness (QED) is 0.825. The Hall–Kier alpha value is -2.21. The Morgan fingerprint density at radius 1 is 1.14 bits per heavy atom. The van der Waals surface area contributed by atoms with Crippen LogP contribution in [-0.4, -0.2) is 58.9 Å². The highest BCUT2D eigenvalue weighted by Crippen LogP contribution is 2.23. The Labute approximate surface area is 122 Å². The summed E-state index contributed by atoms with van der Waals surface area (Å²) in [6.07, 6.45) is 0.622. The molecule has 0 radical (unpaired) electrons. The van der Waals surface area contributed by atoms with Crippen molar-refractivity contribution in [2.45, 2.75) is 6.42 Å². The van der Waals surface area contributed by atoms with Crippen molar-refractivity contribution in [3.8, 4) is 0 Å². The zero-order chi connectivity index (χ0) is 15.0. The third kappa shape index (κ3) is 2.42. The topological polar surface area (TPSA) is 77.9 Å². The molecule has 3 rings (SSSR count). The summed E-state index contributed by atoms with van der Waals surface area (Å²) < 4.78 is 0. The first-order valence-electron chi connectivity index (χ1n) is 6.98. The number of aliphatic carboxylic acids is 1. The lowest BCUT2D eigenvalue weighted by Crippen LogP contribution is -2.37. The van der Waals surface area contributed by atoms with Gasteiger partial charge in [0.2, 0.25) is 0 Å². The van der Waals surface area contributed by atoms with Gasteiger partial charge < -0.3 is 10.0 Å². The van der Waals surface area contributed by atoms with Gasteiger partial charge in [-0.15, -0.1) is 0 Å². The predicted molar refractivity (Wildman–Crippen MR) is 74.0 cm³/mol. The summed E-state index contributed by atoms with van der Waals surface area (Å²) in [5.41, 5.74) is 0.902. The van der Waals surface area contributed by atoms with Crippen LogP contribution in [0.1, 0.15) is 27.1 Å². The molecule has 1 aromatic rings. The van der Waals surface area contributed by atoms with Gasteiger partial charge >= 0.3 is 5.97 Å². The summed E-state index contributed by atoms with van der Waals surface area (Å²) in [5, 5.41) is 8.97. The van der Waals surface area contributed by atoms with Crippen LogP contribution in [-0.2, 0) is 4.79 Å². The minimum absolute atomic E-state index is 0.260. The van der Waals surface area contributed by atoms with Gasteiger partial charge in [0.1, 0.15) is 0 Å². The Morgan fingerprint density at radius 2 is 1.76 bits per heavy atom. The molecular formula is C15H16N2O4. The number of carboxylic acids is 1. The molecule has 1 N–H and O–H groups in total. The SMILES string of the molecule is O=C(O)C1CCN(CCN2C(=O)c3ccccc3C2=O)C1. The van der Waals surface area contributed by atoms with E-state index in [4.69, 9.17) is 5.11 Å². The monoisotopic (exact) mass is 288 g/mol. The van der Waals surface area contributed by atoms with Crippen molar-refractivity contribution in [1.29, 1.82) is 0 Å². The van der Waals surface area contributed by atoms with Gasteiger partial charge in [-0.05, 0) is 25.1 Å². The lowest BCUT2D eigenvalue weighted by atomic mass is 10.1. The van der Waals surface area contributed by atoms with Crippen LogP contribution in [0.3, 0.4) is 0 Å². The highest BCUT2D eigenvalue weighted by molar-refractivity contribution is 6.21. The Balaban J connectivity index is 1.62. The fourth-order valence-corrected chi connectivity index (χ4v) is 2.92. The van der Waals surface area contributed by atoms with Gasteiger partial charge in [-0.25, -0.2) is 0 Å². The number of carbonyl (C=O) groups excluding carboxylic acids is 2. The van der Waals surface area contributed by atoms with Gasteiger partial charge in [0.25, 0.3) is 11.8 Å². The van der Waals surface area contributed by atoms with Crippen LogP contribution >= 0.6 is 0 Å². The van der Waals surface area contributed by atoms with Crippen molar-refractivity contribution in [3.63, 3.8) is 0 Å². The lowest BCUT2D eigenvalue weighted by molar-refractivity contribution is -0.141. The van der Waals surface area contributed by atoms with Crippen LogP contribution in [0.4, 0.5) is 0 Å². The van der Waals surface area contributed by atoms with Gasteiger partial charge in [-0.1, -0.05) is 12.1 Å². The Bertz CT molecular complexity index is 578. The van der Waals surface area contributed by atoms with E-state index >= 15 is 0 Å². The van der Waals surface area contributed by atoms with Gasteiger partial charge in [0, 0.05) is 19.6 Å². The maximum absolute atomic E-state index is 12.2. The molecule has 110 valence electrons. The molecule has 1 unspecified atom stereocenters. The van der Waals surface area contributed by atoms with Crippen LogP contribution < -0.4 is 0 Å². The van der Waals surface area contributed by atoms with Gasteiger partial charge in [-0.3, -0.25) is 19.3 Å². The van der Waals surface area contributed by atoms with Gasteiger partial charge in [-0.2, -0.15) is 0 Å². The second-order valence-electron chi connectivity index (χ2n) is 5.43. The van der Waals surface area contributed by atoms with Crippen molar-refractivity contribution in [3.05, 3.63) is 35.4 Å². The molecule has 1 atom stereocenters. The maximum Gasteiger partial charge on any atom is 0.307 e. The first-order chi connectivity index (χ1) is 10.1. The van der Waals surface area contributed by atoms with Crippen LogP contribution in [0.5, 0.6) is 0 Å². The maximum atomic E-state index is 12.2. The molecule has 0 spiro atoms. The fourth-order valence-electron chi connectivity index (χ4n) is 2.92. The van der Waals surface area contributed by atoms with E-state index in [1.165, 1.54) is 4.90 Å². The summed E-state index contributed by atoms with van der Waals surface area (Å²) in [7, 11) is 0.